The Morgan fingerprint density at radius 1 is 1.13 bits per heavy atom. The molecule has 8 heteroatoms. The van der Waals surface area contributed by atoms with Crippen LogP contribution >= 0.6 is 12.2 Å². The van der Waals surface area contributed by atoms with Crippen molar-refractivity contribution in [2.24, 2.45) is 0 Å². The summed E-state index contributed by atoms with van der Waals surface area (Å²) >= 11 is 5.36. The van der Waals surface area contributed by atoms with Crippen LogP contribution in [0.4, 0.5) is 0 Å². The van der Waals surface area contributed by atoms with Gasteiger partial charge < -0.3 is 10.2 Å². The topological polar surface area (TPSA) is 83.0 Å². The normalized spacial score (nSPS) is 14.4. The maximum atomic E-state index is 12.9. The maximum Gasteiger partial charge on any atom is 0.251 e. The number of amides is 2. The lowest BCUT2D eigenvalue weighted by molar-refractivity contribution is -0.132. The predicted octanol–water partition coefficient (Wildman–Crippen LogP) is 3.34. The second-order valence-electron chi connectivity index (χ2n) is 7.80. The van der Waals surface area contributed by atoms with Gasteiger partial charge in [0.05, 0.1) is 0 Å². The first-order chi connectivity index (χ1) is 15.0. The van der Waals surface area contributed by atoms with E-state index < -0.39 is 0 Å². The van der Waals surface area contributed by atoms with E-state index in [-0.39, 0.29) is 24.4 Å². The van der Waals surface area contributed by atoms with Gasteiger partial charge in [-0.15, -0.1) is 0 Å². The van der Waals surface area contributed by atoms with Gasteiger partial charge in [-0.1, -0.05) is 42.0 Å². The molecule has 0 unspecified atom stereocenters. The van der Waals surface area contributed by atoms with Crippen LogP contribution in [0.2, 0.25) is 0 Å². The molecule has 1 aliphatic heterocycles. The van der Waals surface area contributed by atoms with Gasteiger partial charge in [-0.2, -0.15) is 5.10 Å². The molecule has 160 valence electrons. The minimum Gasteiger partial charge on any atom is -0.349 e. The fraction of sp³-hybridized carbons (Fsp3) is 0.304. The van der Waals surface area contributed by atoms with Crippen molar-refractivity contribution in [3.05, 3.63) is 70.5 Å². The average molecular weight is 436 g/mol. The molecule has 3 aromatic rings. The van der Waals surface area contributed by atoms with Gasteiger partial charge in [0, 0.05) is 30.3 Å². The van der Waals surface area contributed by atoms with E-state index >= 15 is 0 Å². The Labute approximate surface area is 186 Å². The number of rotatable bonds is 5. The number of aromatic amines is 1. The highest BCUT2D eigenvalue weighted by atomic mass is 32.1. The number of hydrogen-bond donors (Lipinski definition) is 2. The van der Waals surface area contributed by atoms with E-state index in [1.807, 2.05) is 54.3 Å². The summed E-state index contributed by atoms with van der Waals surface area (Å²) in [6.45, 7) is 3.35. The molecule has 0 saturated carbocycles. The zero-order valence-electron chi connectivity index (χ0n) is 17.4. The SMILES string of the molecule is Cc1cccc(-c2n[nH]c(=S)n2CC(=O)N2CCC(NC(=O)c3ccccc3)CC2)c1. The molecule has 0 aliphatic carbocycles. The van der Waals surface area contributed by atoms with Crippen molar-refractivity contribution in [3.63, 3.8) is 0 Å². The lowest BCUT2D eigenvalue weighted by Gasteiger charge is -2.32. The molecule has 31 heavy (non-hydrogen) atoms. The number of aromatic nitrogens is 3. The average Bonchev–Trinajstić information content (AvgIpc) is 3.15. The fourth-order valence-corrected chi connectivity index (χ4v) is 4.03. The minimum atomic E-state index is -0.0714. The summed E-state index contributed by atoms with van der Waals surface area (Å²) in [4.78, 5) is 27.1. The van der Waals surface area contributed by atoms with Crippen LogP contribution in [0.5, 0.6) is 0 Å². The first-order valence-corrected chi connectivity index (χ1v) is 10.8. The number of nitrogens with zero attached hydrogens (tertiary/aromatic N) is 3. The Bertz CT molecular complexity index is 1130. The molecule has 0 spiro atoms. The van der Waals surface area contributed by atoms with Crippen LogP contribution in [0.1, 0.15) is 28.8 Å². The summed E-state index contributed by atoms with van der Waals surface area (Å²) < 4.78 is 2.17. The van der Waals surface area contributed by atoms with Gasteiger partial charge in [0.25, 0.3) is 5.91 Å². The van der Waals surface area contributed by atoms with Gasteiger partial charge in [-0.25, -0.2) is 0 Å². The monoisotopic (exact) mass is 435 g/mol. The van der Waals surface area contributed by atoms with Crippen molar-refractivity contribution in [2.45, 2.75) is 32.4 Å². The van der Waals surface area contributed by atoms with E-state index in [9.17, 15) is 9.59 Å². The van der Waals surface area contributed by atoms with E-state index in [1.165, 1.54) is 0 Å². The van der Waals surface area contributed by atoms with Gasteiger partial charge >= 0.3 is 0 Å². The molecule has 1 saturated heterocycles. The number of likely N-dealkylation sites (tertiary alicyclic amines) is 1. The number of carbonyl (C=O) groups is 2. The third kappa shape index (κ3) is 4.91. The summed E-state index contributed by atoms with van der Waals surface area (Å²) in [6.07, 6.45) is 1.46. The van der Waals surface area contributed by atoms with E-state index in [2.05, 4.69) is 15.5 Å². The summed E-state index contributed by atoms with van der Waals surface area (Å²) in [5, 5.41) is 10.2. The highest BCUT2D eigenvalue weighted by molar-refractivity contribution is 7.71. The Morgan fingerprint density at radius 2 is 1.87 bits per heavy atom. The van der Waals surface area contributed by atoms with Crippen molar-refractivity contribution in [1.29, 1.82) is 0 Å². The van der Waals surface area contributed by atoms with Crippen LogP contribution in [-0.4, -0.2) is 50.6 Å². The summed E-state index contributed by atoms with van der Waals surface area (Å²) in [5.74, 6) is 0.587. The Balaban J connectivity index is 1.36. The van der Waals surface area contributed by atoms with Crippen LogP contribution in [0.25, 0.3) is 11.4 Å². The molecule has 4 rings (SSSR count). The van der Waals surface area contributed by atoms with Gasteiger partial charge in [-0.3, -0.25) is 19.3 Å². The standard InChI is InChI=1S/C23H25N5O2S/c1-16-6-5-9-18(14-16)21-25-26-23(31)28(21)15-20(29)27-12-10-19(11-13-27)24-22(30)17-7-3-2-4-8-17/h2-9,14,19H,10-13,15H2,1H3,(H,24,30)(H,26,31). The Hall–Kier alpha value is -3.26. The second kappa shape index (κ2) is 9.26. The third-order valence-corrected chi connectivity index (χ3v) is 5.86. The second-order valence-corrected chi connectivity index (χ2v) is 8.19. The minimum absolute atomic E-state index is 0.000705. The zero-order chi connectivity index (χ0) is 21.8. The first-order valence-electron chi connectivity index (χ1n) is 10.4. The number of aryl methyl sites for hydroxylation is 1. The van der Waals surface area contributed by atoms with Crippen molar-refractivity contribution in [2.75, 3.05) is 13.1 Å². The number of H-pyrrole nitrogens is 1. The molecule has 0 radical (unpaired) electrons. The molecule has 2 amide bonds. The van der Waals surface area contributed by atoms with Crippen molar-refractivity contribution < 1.29 is 9.59 Å². The predicted molar refractivity (Wildman–Crippen MR) is 121 cm³/mol. The fourth-order valence-electron chi connectivity index (χ4n) is 3.84. The maximum absolute atomic E-state index is 12.9. The van der Waals surface area contributed by atoms with Crippen LogP contribution in [0, 0.1) is 11.7 Å². The number of hydrogen-bond acceptors (Lipinski definition) is 4. The lowest BCUT2D eigenvalue weighted by Crippen LogP contribution is -2.47. The zero-order valence-corrected chi connectivity index (χ0v) is 18.2. The van der Waals surface area contributed by atoms with Crippen LogP contribution in [0.3, 0.4) is 0 Å². The summed E-state index contributed by atoms with van der Waals surface area (Å²) in [5.41, 5.74) is 2.69. The van der Waals surface area contributed by atoms with Crippen LogP contribution in [0.15, 0.2) is 54.6 Å². The molecule has 7 nitrogen and oxygen atoms in total. The highest BCUT2D eigenvalue weighted by Crippen LogP contribution is 2.19. The first kappa shape index (κ1) is 21.0. The van der Waals surface area contributed by atoms with Crippen LogP contribution < -0.4 is 5.32 Å². The molecule has 2 heterocycles. The summed E-state index contributed by atoms with van der Waals surface area (Å²) in [6, 6.07) is 17.2. The number of benzene rings is 2. The summed E-state index contributed by atoms with van der Waals surface area (Å²) in [7, 11) is 0. The highest BCUT2D eigenvalue weighted by Gasteiger charge is 2.25. The van der Waals surface area contributed by atoms with Gasteiger partial charge in [0.2, 0.25) is 5.91 Å². The molecular weight excluding hydrogens is 410 g/mol. The molecule has 0 bridgehead atoms. The third-order valence-electron chi connectivity index (χ3n) is 5.55. The van der Waals surface area contributed by atoms with Crippen molar-refractivity contribution in [3.8, 4) is 11.4 Å². The number of piperidine rings is 1. The largest absolute Gasteiger partial charge is 0.349 e. The molecule has 1 fully saturated rings. The van der Waals surface area contributed by atoms with E-state index in [1.54, 1.807) is 16.7 Å². The van der Waals surface area contributed by atoms with Gasteiger partial charge in [-0.05, 0) is 50.2 Å². The number of carbonyl (C=O) groups excluding carboxylic acids is 2. The number of nitrogens with one attached hydrogen (secondary N) is 2. The molecule has 1 aliphatic rings. The smallest absolute Gasteiger partial charge is 0.251 e. The molecule has 2 aromatic carbocycles. The quantitative estimate of drug-likeness (QED) is 0.602. The Kier molecular flexibility index (Phi) is 6.27. The van der Waals surface area contributed by atoms with Gasteiger partial charge in [0.15, 0.2) is 10.6 Å². The van der Waals surface area contributed by atoms with Gasteiger partial charge in [0.1, 0.15) is 6.54 Å². The van der Waals surface area contributed by atoms with E-state index in [0.717, 1.165) is 24.0 Å². The van der Waals surface area contributed by atoms with E-state index in [0.29, 0.717) is 29.2 Å². The Morgan fingerprint density at radius 3 is 2.58 bits per heavy atom. The van der Waals surface area contributed by atoms with Crippen molar-refractivity contribution in [1.82, 2.24) is 25.0 Å². The molecule has 0 atom stereocenters. The molecule has 2 N–H and O–H groups in total. The lowest BCUT2D eigenvalue weighted by atomic mass is 10.0. The van der Waals surface area contributed by atoms with Crippen molar-refractivity contribution >= 4 is 24.0 Å². The molecule has 1 aromatic heterocycles. The van der Waals surface area contributed by atoms with E-state index in [4.69, 9.17) is 12.2 Å². The van der Waals surface area contributed by atoms with Crippen LogP contribution in [-0.2, 0) is 11.3 Å². The molecular formula is C23H25N5O2S.